The Morgan fingerprint density at radius 3 is 2.52 bits per heavy atom. The van der Waals surface area contributed by atoms with E-state index in [4.69, 9.17) is 0 Å². The minimum Gasteiger partial charge on any atom is -0.508 e. The summed E-state index contributed by atoms with van der Waals surface area (Å²) in [7, 11) is 1.72. The molecule has 3 rings (SSSR count). The van der Waals surface area contributed by atoms with E-state index in [1.807, 2.05) is 0 Å². The average molecular weight is 392 g/mol. The molecule has 0 radical (unpaired) electrons. The Labute approximate surface area is 167 Å². The summed E-state index contributed by atoms with van der Waals surface area (Å²) < 4.78 is 1.61. The minimum absolute atomic E-state index is 0.167. The molecule has 8 heteroatoms. The molecule has 0 saturated carbocycles. The van der Waals surface area contributed by atoms with Crippen molar-refractivity contribution in [1.29, 1.82) is 0 Å². The molecule has 2 amide bonds. The summed E-state index contributed by atoms with van der Waals surface area (Å²) in [5, 5.41) is 14.3. The maximum Gasteiger partial charge on any atom is 0.313 e. The molecule has 1 aromatic heterocycles. The van der Waals surface area contributed by atoms with E-state index in [0.717, 1.165) is 5.56 Å². The van der Waals surface area contributed by atoms with E-state index in [9.17, 15) is 19.5 Å². The van der Waals surface area contributed by atoms with E-state index in [0.29, 0.717) is 17.7 Å². The molecule has 0 aliphatic carbocycles. The van der Waals surface area contributed by atoms with Crippen LogP contribution in [-0.2, 0) is 23.1 Å². The third-order valence-electron chi connectivity index (χ3n) is 4.25. The van der Waals surface area contributed by atoms with Crippen LogP contribution in [-0.4, -0.2) is 38.8 Å². The molecule has 3 aromatic rings. The number of nitrogens with zero attached hydrogens (tertiary/aromatic N) is 2. The lowest BCUT2D eigenvalue weighted by molar-refractivity contribution is -0.136. The summed E-state index contributed by atoms with van der Waals surface area (Å²) in [4.78, 5) is 40.6. The predicted molar refractivity (Wildman–Crippen MR) is 107 cm³/mol. The van der Waals surface area contributed by atoms with Gasteiger partial charge in [0.25, 0.3) is 0 Å². The highest BCUT2D eigenvalue weighted by Crippen LogP contribution is 2.14. The van der Waals surface area contributed by atoms with Crippen molar-refractivity contribution in [2.24, 2.45) is 7.05 Å². The minimum atomic E-state index is -0.822. The summed E-state index contributed by atoms with van der Waals surface area (Å²) in [5.74, 6) is -1.44. The van der Waals surface area contributed by atoms with Crippen LogP contribution in [0.15, 0.2) is 60.9 Å². The molecule has 0 unspecified atom stereocenters. The Morgan fingerprint density at radius 1 is 1.07 bits per heavy atom. The van der Waals surface area contributed by atoms with Gasteiger partial charge in [-0.05, 0) is 36.2 Å². The van der Waals surface area contributed by atoms with Crippen molar-refractivity contribution < 1.29 is 19.5 Å². The van der Waals surface area contributed by atoms with E-state index >= 15 is 0 Å². The fourth-order valence-electron chi connectivity index (χ4n) is 2.70. The van der Waals surface area contributed by atoms with Crippen LogP contribution in [0.25, 0.3) is 0 Å². The molecule has 0 bridgehead atoms. The van der Waals surface area contributed by atoms with Crippen molar-refractivity contribution in [1.82, 2.24) is 14.9 Å². The Kier molecular flexibility index (Phi) is 6.03. The number of ketones is 1. The van der Waals surface area contributed by atoms with E-state index in [1.165, 1.54) is 12.3 Å². The molecule has 3 N–H and O–H groups in total. The number of phenols is 1. The van der Waals surface area contributed by atoms with E-state index in [2.05, 4.69) is 15.6 Å². The largest absolute Gasteiger partial charge is 0.508 e. The van der Waals surface area contributed by atoms with Gasteiger partial charge in [0.15, 0.2) is 5.82 Å². The molecule has 0 aliphatic heterocycles. The van der Waals surface area contributed by atoms with Gasteiger partial charge in [0.1, 0.15) is 5.75 Å². The first kappa shape index (κ1) is 19.8. The third kappa shape index (κ3) is 5.07. The number of aromatic nitrogens is 2. The smallest absolute Gasteiger partial charge is 0.313 e. The van der Waals surface area contributed by atoms with Crippen molar-refractivity contribution in [3.8, 4) is 5.75 Å². The lowest BCUT2D eigenvalue weighted by Gasteiger charge is -2.08. The zero-order valence-corrected chi connectivity index (χ0v) is 15.8. The number of aryl methyl sites for hydroxylation is 1. The number of hydrogen-bond acceptors (Lipinski definition) is 5. The second-order valence-corrected chi connectivity index (χ2v) is 6.40. The highest BCUT2D eigenvalue weighted by atomic mass is 16.3. The summed E-state index contributed by atoms with van der Waals surface area (Å²) >= 11 is 0. The summed E-state index contributed by atoms with van der Waals surface area (Å²) in [6.45, 7) is 0.273. The average Bonchev–Trinajstić information content (AvgIpc) is 3.15. The van der Waals surface area contributed by atoms with Crippen LogP contribution in [0.5, 0.6) is 5.75 Å². The summed E-state index contributed by atoms with van der Waals surface area (Å²) in [6.07, 6.45) is 3.72. The molecule has 0 fully saturated rings. The number of hydrogen-bond donors (Lipinski definition) is 3. The van der Waals surface area contributed by atoms with Gasteiger partial charge in [-0.25, -0.2) is 4.98 Å². The lowest BCUT2D eigenvalue weighted by Crippen LogP contribution is -2.36. The van der Waals surface area contributed by atoms with Crippen molar-refractivity contribution in [3.63, 3.8) is 0 Å². The first-order valence-electron chi connectivity index (χ1n) is 8.93. The SMILES string of the molecule is Cn1ccnc1C(=O)c1cccc(NC(=O)C(=O)NCCc2ccc(O)cc2)c1. The van der Waals surface area contributed by atoms with Crippen LogP contribution < -0.4 is 10.6 Å². The number of nitrogens with one attached hydrogen (secondary N) is 2. The Balaban J connectivity index is 1.56. The first-order valence-corrected chi connectivity index (χ1v) is 8.93. The third-order valence-corrected chi connectivity index (χ3v) is 4.25. The molecule has 29 heavy (non-hydrogen) atoms. The maximum atomic E-state index is 12.5. The molecule has 148 valence electrons. The summed E-state index contributed by atoms with van der Waals surface area (Å²) in [5.41, 5.74) is 1.61. The number of aromatic hydroxyl groups is 1. The first-order chi connectivity index (χ1) is 13.9. The van der Waals surface area contributed by atoms with Gasteiger partial charge in [-0.1, -0.05) is 24.3 Å². The predicted octanol–water partition coefficient (Wildman–Crippen LogP) is 1.65. The number of rotatable bonds is 6. The highest BCUT2D eigenvalue weighted by molar-refractivity contribution is 6.39. The standard InChI is InChI=1S/C21H20N4O4/c1-25-12-11-22-19(25)18(27)15-3-2-4-16(13-15)24-21(29)20(28)23-10-9-14-5-7-17(26)8-6-14/h2-8,11-13,26H,9-10H2,1H3,(H,23,28)(H,24,29). The van der Waals surface area contributed by atoms with Crippen molar-refractivity contribution >= 4 is 23.3 Å². The van der Waals surface area contributed by atoms with Crippen molar-refractivity contribution in [2.45, 2.75) is 6.42 Å². The second-order valence-electron chi connectivity index (χ2n) is 6.40. The highest BCUT2D eigenvalue weighted by Gasteiger charge is 2.16. The van der Waals surface area contributed by atoms with Crippen molar-refractivity contribution in [2.75, 3.05) is 11.9 Å². The number of phenolic OH excluding ortho intramolecular Hbond substituents is 1. The molecular formula is C21H20N4O4. The molecule has 1 heterocycles. The molecule has 0 saturated heterocycles. The quantitative estimate of drug-likeness (QED) is 0.436. The zero-order chi connectivity index (χ0) is 20.8. The fraction of sp³-hybridized carbons (Fsp3) is 0.143. The van der Waals surface area contributed by atoms with Gasteiger partial charge in [-0.2, -0.15) is 0 Å². The second kappa shape index (κ2) is 8.83. The number of carbonyl (C=O) groups is 3. The van der Waals surface area contributed by atoms with Gasteiger partial charge in [-0.15, -0.1) is 0 Å². The van der Waals surface area contributed by atoms with Crippen LogP contribution in [0.2, 0.25) is 0 Å². The number of imidazole rings is 1. The van der Waals surface area contributed by atoms with Crippen LogP contribution >= 0.6 is 0 Å². The normalized spacial score (nSPS) is 10.4. The van der Waals surface area contributed by atoms with E-state index < -0.39 is 11.8 Å². The van der Waals surface area contributed by atoms with Gasteiger partial charge >= 0.3 is 11.8 Å². The van der Waals surface area contributed by atoms with Crippen molar-refractivity contribution in [3.05, 3.63) is 77.9 Å². The number of benzene rings is 2. The van der Waals surface area contributed by atoms with Crippen LogP contribution in [0.1, 0.15) is 21.7 Å². The Hall–Kier alpha value is -3.94. The molecule has 0 aliphatic rings. The monoisotopic (exact) mass is 392 g/mol. The van der Waals surface area contributed by atoms with Crippen LogP contribution in [0.4, 0.5) is 5.69 Å². The van der Waals surface area contributed by atoms with E-state index in [1.54, 1.807) is 60.3 Å². The molecule has 8 nitrogen and oxygen atoms in total. The number of anilines is 1. The van der Waals surface area contributed by atoms with Gasteiger partial charge < -0.3 is 20.3 Å². The zero-order valence-electron chi connectivity index (χ0n) is 15.8. The van der Waals surface area contributed by atoms with Gasteiger partial charge in [0.2, 0.25) is 5.78 Å². The van der Waals surface area contributed by atoms with E-state index in [-0.39, 0.29) is 23.9 Å². The Morgan fingerprint density at radius 2 is 1.83 bits per heavy atom. The van der Waals surface area contributed by atoms with Crippen LogP contribution in [0, 0.1) is 0 Å². The Bertz CT molecular complexity index is 1040. The van der Waals surface area contributed by atoms with Gasteiger partial charge in [0.05, 0.1) is 0 Å². The topological polar surface area (TPSA) is 113 Å². The van der Waals surface area contributed by atoms with Gasteiger partial charge in [0, 0.05) is 37.2 Å². The lowest BCUT2D eigenvalue weighted by atomic mass is 10.1. The molecule has 2 aromatic carbocycles. The summed E-state index contributed by atoms with van der Waals surface area (Å²) in [6, 6.07) is 12.9. The molecular weight excluding hydrogens is 372 g/mol. The van der Waals surface area contributed by atoms with Gasteiger partial charge in [-0.3, -0.25) is 14.4 Å². The number of carbonyl (C=O) groups excluding carboxylic acids is 3. The van der Waals surface area contributed by atoms with Crippen LogP contribution in [0.3, 0.4) is 0 Å². The fourth-order valence-corrected chi connectivity index (χ4v) is 2.70. The maximum absolute atomic E-state index is 12.5. The molecule has 0 atom stereocenters. The molecule has 0 spiro atoms. The number of amides is 2.